The minimum Gasteiger partial charge on any atom is -0.490 e. The summed E-state index contributed by atoms with van der Waals surface area (Å²) in [6.45, 7) is 5.29. The second-order valence-corrected chi connectivity index (χ2v) is 8.31. The molecule has 0 bridgehead atoms. The molecular weight excluding hydrogens is 465 g/mol. The first-order chi connectivity index (χ1) is 13.6. The van der Waals surface area contributed by atoms with Gasteiger partial charge in [0, 0.05) is 39.8 Å². The minimum absolute atomic E-state index is 0.317. The fourth-order valence-corrected chi connectivity index (χ4v) is 3.99. The van der Waals surface area contributed by atoms with E-state index in [2.05, 4.69) is 21.2 Å². The van der Waals surface area contributed by atoms with Gasteiger partial charge in [-0.05, 0) is 49.6 Å². The summed E-state index contributed by atoms with van der Waals surface area (Å²) in [4.78, 5) is 0. The molecule has 1 unspecified atom stereocenters. The van der Waals surface area contributed by atoms with Crippen molar-refractivity contribution < 1.29 is 14.2 Å². The van der Waals surface area contributed by atoms with E-state index in [-0.39, 0.29) is 0 Å². The van der Waals surface area contributed by atoms with Crippen LogP contribution in [0.4, 0.5) is 0 Å². The van der Waals surface area contributed by atoms with E-state index in [9.17, 15) is 0 Å². The van der Waals surface area contributed by atoms with Crippen LogP contribution in [0.1, 0.15) is 30.9 Å². The molecule has 0 aromatic heterocycles. The molecule has 1 aliphatic rings. The third kappa shape index (κ3) is 6.01. The summed E-state index contributed by atoms with van der Waals surface area (Å²) >= 11 is 15.8. The Bertz CT molecular complexity index is 797. The molecule has 3 rings (SSSR count). The lowest BCUT2D eigenvalue weighted by Crippen LogP contribution is -2.25. The van der Waals surface area contributed by atoms with Gasteiger partial charge in [-0.15, -0.1) is 0 Å². The highest BCUT2D eigenvalue weighted by molar-refractivity contribution is 9.10. The number of hydrogen-bond acceptors (Lipinski definition) is 4. The highest BCUT2D eigenvalue weighted by Crippen LogP contribution is 2.35. The SMILES string of the molecule is CCOc1cc(CNCC2CCCO2)c(Br)cc1OCc1ccc(Cl)cc1Cl. The van der Waals surface area contributed by atoms with Crippen LogP contribution in [-0.2, 0) is 17.9 Å². The lowest BCUT2D eigenvalue weighted by Gasteiger charge is -2.16. The van der Waals surface area contributed by atoms with Crippen LogP contribution in [0, 0.1) is 0 Å². The molecule has 2 aromatic rings. The fraction of sp³-hybridized carbons (Fsp3) is 0.429. The fourth-order valence-electron chi connectivity index (χ4n) is 3.06. The maximum absolute atomic E-state index is 6.24. The Labute approximate surface area is 184 Å². The van der Waals surface area contributed by atoms with Gasteiger partial charge in [-0.25, -0.2) is 0 Å². The van der Waals surface area contributed by atoms with Crippen LogP contribution in [0.5, 0.6) is 11.5 Å². The normalized spacial score (nSPS) is 16.4. The molecule has 1 aliphatic heterocycles. The molecule has 1 atom stereocenters. The van der Waals surface area contributed by atoms with E-state index in [4.69, 9.17) is 37.4 Å². The standard InChI is InChI=1S/C21H24BrCl2NO3/c1-2-26-20-8-15(11-25-12-17-4-3-7-27-17)18(22)10-21(20)28-13-14-5-6-16(23)9-19(14)24/h5-6,8-10,17,25H,2-4,7,11-13H2,1H3. The first kappa shape index (κ1) is 21.7. The summed E-state index contributed by atoms with van der Waals surface area (Å²) in [5.41, 5.74) is 1.98. The molecule has 1 heterocycles. The van der Waals surface area contributed by atoms with Gasteiger partial charge in [-0.3, -0.25) is 0 Å². The average Bonchev–Trinajstić information content (AvgIpc) is 3.17. The predicted molar refractivity (Wildman–Crippen MR) is 117 cm³/mol. The van der Waals surface area contributed by atoms with Gasteiger partial charge in [0.05, 0.1) is 12.7 Å². The maximum Gasteiger partial charge on any atom is 0.162 e. The molecule has 1 saturated heterocycles. The van der Waals surface area contributed by atoms with Crippen molar-refractivity contribution >= 4 is 39.1 Å². The predicted octanol–water partition coefficient (Wildman–Crippen LogP) is 6.00. The number of nitrogens with one attached hydrogen (secondary N) is 1. The molecule has 0 aliphatic carbocycles. The monoisotopic (exact) mass is 487 g/mol. The molecule has 0 spiro atoms. The number of hydrogen-bond donors (Lipinski definition) is 1. The van der Waals surface area contributed by atoms with Crippen molar-refractivity contribution in [3.63, 3.8) is 0 Å². The van der Waals surface area contributed by atoms with Crippen molar-refractivity contribution in [1.82, 2.24) is 5.32 Å². The highest BCUT2D eigenvalue weighted by atomic mass is 79.9. The average molecular weight is 489 g/mol. The Morgan fingerprint density at radius 1 is 1.14 bits per heavy atom. The van der Waals surface area contributed by atoms with Crippen molar-refractivity contribution in [2.45, 2.75) is 39.0 Å². The maximum atomic E-state index is 6.24. The van der Waals surface area contributed by atoms with Gasteiger partial charge >= 0.3 is 0 Å². The van der Waals surface area contributed by atoms with Crippen molar-refractivity contribution in [2.24, 2.45) is 0 Å². The summed E-state index contributed by atoms with van der Waals surface area (Å²) in [6.07, 6.45) is 2.59. The van der Waals surface area contributed by atoms with Gasteiger partial charge in [-0.1, -0.05) is 45.2 Å². The number of benzene rings is 2. The van der Waals surface area contributed by atoms with Gasteiger partial charge in [0.1, 0.15) is 6.61 Å². The van der Waals surface area contributed by atoms with Crippen LogP contribution in [0.15, 0.2) is 34.8 Å². The molecule has 0 radical (unpaired) electrons. The topological polar surface area (TPSA) is 39.7 Å². The first-order valence-electron chi connectivity index (χ1n) is 9.41. The summed E-state index contributed by atoms with van der Waals surface area (Å²) in [5, 5.41) is 4.65. The second kappa shape index (κ2) is 10.7. The Kier molecular flexibility index (Phi) is 8.30. The van der Waals surface area contributed by atoms with E-state index in [0.29, 0.717) is 40.9 Å². The first-order valence-corrected chi connectivity index (χ1v) is 11.0. The molecule has 4 nitrogen and oxygen atoms in total. The van der Waals surface area contributed by atoms with Gasteiger partial charge in [-0.2, -0.15) is 0 Å². The third-order valence-electron chi connectivity index (χ3n) is 4.52. The number of rotatable bonds is 9. The van der Waals surface area contributed by atoms with Crippen LogP contribution in [0.25, 0.3) is 0 Å². The molecule has 0 amide bonds. The largest absolute Gasteiger partial charge is 0.490 e. The van der Waals surface area contributed by atoms with E-state index in [1.807, 2.05) is 25.1 Å². The van der Waals surface area contributed by atoms with Gasteiger partial charge < -0.3 is 19.5 Å². The Hall–Kier alpha value is -0.980. The zero-order valence-corrected chi connectivity index (χ0v) is 18.9. The zero-order chi connectivity index (χ0) is 19.9. The van der Waals surface area contributed by atoms with E-state index >= 15 is 0 Å². The quantitative estimate of drug-likeness (QED) is 0.469. The summed E-state index contributed by atoms with van der Waals surface area (Å²) in [6, 6.07) is 9.33. The number of ether oxygens (including phenoxy) is 3. The summed E-state index contributed by atoms with van der Waals surface area (Å²) in [5.74, 6) is 1.38. The lowest BCUT2D eigenvalue weighted by atomic mass is 10.2. The molecule has 7 heteroatoms. The number of halogens is 3. The molecule has 1 N–H and O–H groups in total. The van der Waals surface area contributed by atoms with E-state index in [0.717, 1.165) is 48.1 Å². The van der Waals surface area contributed by atoms with Crippen molar-refractivity contribution in [1.29, 1.82) is 0 Å². The molecule has 1 fully saturated rings. The summed E-state index contributed by atoms with van der Waals surface area (Å²) in [7, 11) is 0. The molecule has 2 aromatic carbocycles. The summed E-state index contributed by atoms with van der Waals surface area (Å²) < 4.78 is 18.4. The van der Waals surface area contributed by atoms with Crippen molar-refractivity contribution in [3.8, 4) is 11.5 Å². The molecule has 28 heavy (non-hydrogen) atoms. The Balaban J connectivity index is 1.67. The van der Waals surface area contributed by atoms with E-state index < -0.39 is 0 Å². The van der Waals surface area contributed by atoms with Crippen LogP contribution in [0.2, 0.25) is 10.0 Å². The van der Waals surface area contributed by atoms with Crippen LogP contribution >= 0.6 is 39.1 Å². The smallest absolute Gasteiger partial charge is 0.162 e. The van der Waals surface area contributed by atoms with E-state index in [1.165, 1.54) is 0 Å². The van der Waals surface area contributed by atoms with E-state index in [1.54, 1.807) is 12.1 Å². The Morgan fingerprint density at radius 3 is 2.68 bits per heavy atom. The zero-order valence-electron chi connectivity index (χ0n) is 15.8. The Morgan fingerprint density at radius 2 is 1.96 bits per heavy atom. The minimum atomic E-state index is 0.317. The van der Waals surface area contributed by atoms with Crippen LogP contribution in [0.3, 0.4) is 0 Å². The second-order valence-electron chi connectivity index (χ2n) is 6.61. The molecular formula is C21H24BrCl2NO3. The van der Waals surface area contributed by atoms with Gasteiger partial charge in [0.2, 0.25) is 0 Å². The highest BCUT2D eigenvalue weighted by Gasteiger charge is 2.16. The van der Waals surface area contributed by atoms with Crippen molar-refractivity contribution in [2.75, 3.05) is 19.8 Å². The van der Waals surface area contributed by atoms with Gasteiger partial charge in [0.15, 0.2) is 11.5 Å². The van der Waals surface area contributed by atoms with Crippen molar-refractivity contribution in [3.05, 3.63) is 56.0 Å². The molecule has 0 saturated carbocycles. The third-order valence-corrected chi connectivity index (χ3v) is 5.85. The van der Waals surface area contributed by atoms with Crippen LogP contribution < -0.4 is 14.8 Å². The van der Waals surface area contributed by atoms with Crippen LogP contribution in [-0.4, -0.2) is 25.9 Å². The van der Waals surface area contributed by atoms with Gasteiger partial charge in [0.25, 0.3) is 0 Å². The molecule has 152 valence electrons. The lowest BCUT2D eigenvalue weighted by molar-refractivity contribution is 0.110.